The number of methoxy groups -OCH3 is 1. The number of phenolic OH excluding ortho intramolecular Hbond substituents is 2. The maximum Gasteiger partial charge on any atom is 0.161 e. The molecule has 0 spiro atoms. The Morgan fingerprint density at radius 1 is 0.781 bits per heavy atom. The number of benzene rings is 3. The van der Waals surface area contributed by atoms with Gasteiger partial charge < -0.3 is 24.8 Å². The molecule has 3 aromatic rings. The molecule has 3 aromatic carbocycles. The van der Waals surface area contributed by atoms with Crippen LogP contribution in [-0.4, -0.2) is 35.6 Å². The second kappa shape index (κ2) is 11.3. The van der Waals surface area contributed by atoms with Gasteiger partial charge in [-0.25, -0.2) is 0 Å². The highest BCUT2D eigenvalue weighted by Gasteiger charge is 2.16. The van der Waals surface area contributed by atoms with Crippen LogP contribution in [-0.2, 0) is 0 Å². The second-order valence-corrected chi connectivity index (χ2v) is 7.49. The summed E-state index contributed by atoms with van der Waals surface area (Å²) in [5, 5.41) is 28.7. The molecule has 0 amide bonds. The summed E-state index contributed by atoms with van der Waals surface area (Å²) in [6.07, 6.45) is 2.88. The van der Waals surface area contributed by atoms with Crippen molar-refractivity contribution in [2.45, 2.75) is 26.2 Å². The summed E-state index contributed by atoms with van der Waals surface area (Å²) in [5.74, 6) is 1.60. The van der Waals surface area contributed by atoms with Crippen LogP contribution in [0.1, 0.15) is 42.9 Å². The van der Waals surface area contributed by atoms with Crippen molar-refractivity contribution < 1.29 is 24.8 Å². The van der Waals surface area contributed by atoms with E-state index in [0.29, 0.717) is 11.5 Å². The molecule has 0 saturated heterocycles. The summed E-state index contributed by atoms with van der Waals surface area (Å²) in [6.45, 7) is 2.28. The lowest BCUT2D eigenvalue weighted by atomic mass is 9.87. The first-order chi connectivity index (χ1) is 15.6. The normalized spacial score (nSPS) is 10.6. The van der Waals surface area contributed by atoms with E-state index < -0.39 is 0 Å². The van der Waals surface area contributed by atoms with Crippen LogP contribution < -0.4 is 9.47 Å². The van der Waals surface area contributed by atoms with Crippen LogP contribution in [0.5, 0.6) is 23.0 Å². The molecule has 5 heteroatoms. The highest BCUT2D eigenvalue weighted by Crippen LogP contribution is 2.39. The number of allylic oxidation sites excluding steroid dienone is 1. The number of rotatable bonds is 10. The van der Waals surface area contributed by atoms with Crippen molar-refractivity contribution in [3.8, 4) is 23.0 Å². The van der Waals surface area contributed by atoms with Crippen molar-refractivity contribution in [2.75, 3.05) is 20.3 Å². The molecule has 0 aliphatic carbocycles. The van der Waals surface area contributed by atoms with E-state index >= 15 is 0 Å². The fraction of sp³-hybridized carbons (Fsp3) is 0.259. The number of hydrogen-bond acceptors (Lipinski definition) is 5. The first-order valence-corrected chi connectivity index (χ1v) is 10.8. The van der Waals surface area contributed by atoms with Gasteiger partial charge in [-0.3, -0.25) is 0 Å². The van der Waals surface area contributed by atoms with Crippen LogP contribution in [0.4, 0.5) is 0 Å². The average molecular weight is 435 g/mol. The molecule has 5 nitrogen and oxygen atoms in total. The van der Waals surface area contributed by atoms with Crippen LogP contribution in [0.3, 0.4) is 0 Å². The molecular formula is C27H30O5. The minimum atomic E-state index is -0.0710. The Bertz CT molecular complexity index is 989. The van der Waals surface area contributed by atoms with E-state index in [2.05, 4.69) is 6.92 Å². The lowest BCUT2D eigenvalue weighted by Crippen LogP contribution is -2.03. The first-order valence-electron chi connectivity index (χ1n) is 10.8. The fourth-order valence-corrected chi connectivity index (χ4v) is 3.67. The summed E-state index contributed by atoms with van der Waals surface area (Å²) in [5.41, 5.74) is 5.11. The molecule has 0 bridgehead atoms. The van der Waals surface area contributed by atoms with Gasteiger partial charge in [-0.15, -0.1) is 0 Å². The van der Waals surface area contributed by atoms with Crippen LogP contribution in [0, 0.1) is 0 Å². The molecular weight excluding hydrogens is 404 g/mol. The molecule has 32 heavy (non-hydrogen) atoms. The Hall–Kier alpha value is -3.44. The van der Waals surface area contributed by atoms with E-state index in [-0.39, 0.29) is 24.7 Å². The van der Waals surface area contributed by atoms with Crippen molar-refractivity contribution in [3.05, 3.63) is 83.4 Å². The van der Waals surface area contributed by atoms with Gasteiger partial charge in [0.15, 0.2) is 11.5 Å². The van der Waals surface area contributed by atoms with Gasteiger partial charge in [0.05, 0.1) is 13.7 Å². The molecule has 168 valence electrons. The Balaban J connectivity index is 2.23. The quantitative estimate of drug-likeness (QED) is 0.361. The molecule has 0 heterocycles. The van der Waals surface area contributed by atoms with Crippen LogP contribution in [0.15, 0.2) is 66.7 Å². The molecule has 3 rings (SSSR count). The van der Waals surface area contributed by atoms with Crippen molar-refractivity contribution in [1.82, 2.24) is 0 Å². The minimum Gasteiger partial charge on any atom is -0.508 e. The smallest absolute Gasteiger partial charge is 0.161 e. The zero-order valence-electron chi connectivity index (χ0n) is 18.5. The van der Waals surface area contributed by atoms with Gasteiger partial charge in [-0.05, 0) is 77.1 Å². The van der Waals surface area contributed by atoms with E-state index in [4.69, 9.17) is 14.6 Å². The van der Waals surface area contributed by atoms with Gasteiger partial charge in [0, 0.05) is 0 Å². The topological polar surface area (TPSA) is 79.2 Å². The van der Waals surface area contributed by atoms with Gasteiger partial charge in [0.25, 0.3) is 0 Å². The summed E-state index contributed by atoms with van der Waals surface area (Å²) in [7, 11) is 1.60. The predicted molar refractivity (Wildman–Crippen MR) is 127 cm³/mol. The third-order valence-electron chi connectivity index (χ3n) is 5.26. The molecule has 0 aromatic heterocycles. The molecule has 3 N–H and O–H groups in total. The van der Waals surface area contributed by atoms with E-state index in [1.54, 1.807) is 31.4 Å². The van der Waals surface area contributed by atoms with Gasteiger partial charge in [-0.2, -0.15) is 0 Å². The molecule has 0 aliphatic rings. The second-order valence-electron chi connectivity index (χ2n) is 7.49. The molecule has 0 unspecified atom stereocenters. The fourth-order valence-electron chi connectivity index (χ4n) is 3.67. The maximum atomic E-state index is 9.81. The molecule has 0 fully saturated rings. The largest absolute Gasteiger partial charge is 0.508 e. The monoisotopic (exact) mass is 434 g/mol. The average Bonchev–Trinajstić information content (AvgIpc) is 2.82. The number of aromatic hydroxyl groups is 2. The van der Waals surface area contributed by atoms with Crippen molar-refractivity contribution in [1.29, 1.82) is 0 Å². The molecule has 0 saturated carbocycles. The predicted octanol–water partition coefficient (Wildman–Crippen LogP) is 5.63. The Morgan fingerprint density at radius 2 is 1.34 bits per heavy atom. The van der Waals surface area contributed by atoms with Crippen molar-refractivity contribution in [2.24, 2.45) is 0 Å². The third kappa shape index (κ3) is 5.62. The van der Waals surface area contributed by atoms with Gasteiger partial charge in [0.2, 0.25) is 0 Å². The number of aliphatic hydroxyl groups excluding tert-OH is 1. The maximum absolute atomic E-state index is 9.81. The Morgan fingerprint density at radius 3 is 1.84 bits per heavy atom. The van der Waals surface area contributed by atoms with Crippen molar-refractivity contribution in [3.63, 3.8) is 0 Å². The summed E-state index contributed by atoms with van der Waals surface area (Å²) < 4.78 is 11.2. The summed E-state index contributed by atoms with van der Waals surface area (Å²) >= 11 is 0. The van der Waals surface area contributed by atoms with Gasteiger partial charge >= 0.3 is 0 Å². The van der Waals surface area contributed by atoms with Crippen LogP contribution in [0.25, 0.3) is 11.1 Å². The molecule has 0 aliphatic heterocycles. The number of unbranched alkanes of at least 4 members (excludes halogenated alkanes) is 1. The third-order valence-corrected chi connectivity index (χ3v) is 5.26. The van der Waals surface area contributed by atoms with E-state index in [9.17, 15) is 10.2 Å². The number of hydrogen-bond donors (Lipinski definition) is 3. The van der Waals surface area contributed by atoms with Crippen LogP contribution >= 0.6 is 0 Å². The number of phenols is 2. The minimum absolute atomic E-state index is 0.0710. The Kier molecular flexibility index (Phi) is 8.17. The number of ether oxygens (including phenoxy) is 2. The number of aliphatic hydroxyl groups is 1. The van der Waals surface area contributed by atoms with Crippen LogP contribution in [0.2, 0.25) is 0 Å². The first kappa shape index (κ1) is 23.2. The molecule has 0 radical (unpaired) electrons. The summed E-state index contributed by atoms with van der Waals surface area (Å²) in [6, 6.07) is 20.1. The molecule has 0 atom stereocenters. The van der Waals surface area contributed by atoms with E-state index in [1.807, 2.05) is 42.5 Å². The standard InChI is InChI=1S/C27H30O5/c1-3-4-5-24(21-10-15-25(32-17-16-28)26(18-21)31-2)27(19-6-11-22(29)12-7-19)20-8-13-23(30)14-9-20/h6-15,18,28-30H,3-5,16-17H2,1-2H3. The lowest BCUT2D eigenvalue weighted by Gasteiger charge is -2.19. The SMILES string of the molecule is CCCCC(=C(c1ccc(O)cc1)c1ccc(O)cc1)c1ccc(OCCO)c(OC)c1. The van der Waals surface area contributed by atoms with E-state index in [0.717, 1.165) is 47.1 Å². The Labute approximate surface area is 189 Å². The van der Waals surface area contributed by atoms with Crippen molar-refractivity contribution >= 4 is 11.1 Å². The van der Waals surface area contributed by atoms with Gasteiger partial charge in [-0.1, -0.05) is 43.7 Å². The zero-order valence-corrected chi connectivity index (χ0v) is 18.5. The zero-order chi connectivity index (χ0) is 22.9. The summed E-state index contributed by atoms with van der Waals surface area (Å²) in [4.78, 5) is 0. The van der Waals surface area contributed by atoms with E-state index in [1.165, 1.54) is 0 Å². The lowest BCUT2D eigenvalue weighted by molar-refractivity contribution is 0.196. The highest BCUT2D eigenvalue weighted by molar-refractivity contribution is 5.99. The highest BCUT2D eigenvalue weighted by atomic mass is 16.5. The van der Waals surface area contributed by atoms with Gasteiger partial charge in [0.1, 0.15) is 18.1 Å².